The maximum absolute atomic E-state index is 11.6. The number of aromatic nitrogens is 2. The van der Waals surface area contributed by atoms with Gasteiger partial charge in [0.1, 0.15) is 12.1 Å². The minimum absolute atomic E-state index is 0.0341. The van der Waals surface area contributed by atoms with Gasteiger partial charge in [0.15, 0.2) is 0 Å². The lowest BCUT2D eigenvalue weighted by molar-refractivity contribution is -0.146. The number of nitrogens with zero attached hydrogens (tertiary/aromatic N) is 3. The molecule has 2 atom stereocenters. The summed E-state index contributed by atoms with van der Waals surface area (Å²) in [6, 6.07) is 2.46. The van der Waals surface area contributed by atoms with Crippen LogP contribution < -0.4 is 0 Å². The van der Waals surface area contributed by atoms with Crippen molar-refractivity contribution in [1.29, 1.82) is 0 Å². The molecule has 0 bridgehead atoms. The second-order valence-electron chi connectivity index (χ2n) is 5.48. The maximum Gasteiger partial charge on any atom is 0.323 e. The molecule has 0 N–H and O–H groups in total. The third-order valence-corrected chi connectivity index (χ3v) is 3.87. The van der Waals surface area contributed by atoms with Crippen LogP contribution in [0, 0.1) is 13.8 Å². The Hall–Kier alpha value is -1.36. The molecule has 0 saturated carbocycles. The van der Waals surface area contributed by atoms with Crippen LogP contribution in [0.15, 0.2) is 6.07 Å². The molecular weight excluding hydrogens is 230 g/mol. The van der Waals surface area contributed by atoms with Crippen molar-refractivity contribution in [3.8, 4) is 0 Å². The summed E-state index contributed by atoms with van der Waals surface area (Å²) in [4.78, 5) is 13.8. The Morgan fingerprint density at radius 2 is 2.11 bits per heavy atom. The highest BCUT2D eigenvalue weighted by Crippen LogP contribution is 2.29. The Morgan fingerprint density at radius 3 is 2.61 bits per heavy atom. The topological polar surface area (TPSA) is 47.4 Å². The molecule has 0 aromatic carbocycles. The number of carbonyl (C=O) groups excluding carboxylic acids is 1. The van der Waals surface area contributed by atoms with Crippen molar-refractivity contribution < 1.29 is 9.53 Å². The fraction of sp³-hybridized carbons (Fsp3) is 0.692. The van der Waals surface area contributed by atoms with E-state index in [4.69, 9.17) is 4.74 Å². The molecule has 0 unspecified atom stereocenters. The Balaban J connectivity index is 1.64. The van der Waals surface area contributed by atoms with E-state index in [-0.39, 0.29) is 18.1 Å². The van der Waals surface area contributed by atoms with Gasteiger partial charge in [-0.15, -0.1) is 0 Å². The van der Waals surface area contributed by atoms with Crippen LogP contribution in [0.2, 0.25) is 0 Å². The standard InChI is InChI=1S/C13H19N3O2/c1-8-4-9(2)16(14-8)11-6-15(7-11)12-5-10(3)18-13(12)17/h4,10-12H,5-7H2,1-3H3/t10-,12+/m1/s1. The van der Waals surface area contributed by atoms with E-state index in [9.17, 15) is 4.79 Å². The molecule has 3 rings (SSSR count). The third-order valence-electron chi connectivity index (χ3n) is 3.87. The molecule has 2 aliphatic rings. The number of esters is 1. The van der Waals surface area contributed by atoms with Gasteiger partial charge in [-0.2, -0.15) is 5.10 Å². The van der Waals surface area contributed by atoms with Gasteiger partial charge in [-0.3, -0.25) is 14.4 Å². The van der Waals surface area contributed by atoms with Crippen molar-refractivity contribution in [3.05, 3.63) is 17.5 Å². The molecule has 0 amide bonds. The number of cyclic esters (lactones) is 1. The maximum atomic E-state index is 11.6. The highest BCUT2D eigenvalue weighted by atomic mass is 16.6. The quantitative estimate of drug-likeness (QED) is 0.735. The fourth-order valence-corrected chi connectivity index (χ4v) is 2.95. The first-order chi connectivity index (χ1) is 8.54. The Kier molecular flexibility index (Phi) is 2.66. The number of likely N-dealkylation sites (tertiary alicyclic amines) is 1. The largest absolute Gasteiger partial charge is 0.461 e. The van der Waals surface area contributed by atoms with E-state index in [0.29, 0.717) is 6.04 Å². The highest BCUT2D eigenvalue weighted by Gasteiger charge is 2.43. The summed E-state index contributed by atoms with van der Waals surface area (Å²) < 4.78 is 7.28. The molecule has 1 aromatic heterocycles. The van der Waals surface area contributed by atoms with Crippen molar-refractivity contribution >= 4 is 5.97 Å². The van der Waals surface area contributed by atoms with Gasteiger partial charge in [0.25, 0.3) is 0 Å². The molecule has 5 heteroatoms. The van der Waals surface area contributed by atoms with Gasteiger partial charge in [-0.05, 0) is 26.8 Å². The third kappa shape index (κ3) is 1.82. The van der Waals surface area contributed by atoms with E-state index >= 15 is 0 Å². The molecule has 18 heavy (non-hydrogen) atoms. The van der Waals surface area contributed by atoms with Gasteiger partial charge < -0.3 is 4.74 Å². The van der Waals surface area contributed by atoms with Gasteiger partial charge in [-0.1, -0.05) is 0 Å². The molecular formula is C13H19N3O2. The summed E-state index contributed by atoms with van der Waals surface area (Å²) in [6.45, 7) is 7.84. The summed E-state index contributed by atoms with van der Waals surface area (Å²) in [5.41, 5.74) is 2.25. The number of aryl methyl sites for hydroxylation is 2. The zero-order chi connectivity index (χ0) is 12.9. The van der Waals surface area contributed by atoms with Crippen LogP contribution in [0.25, 0.3) is 0 Å². The zero-order valence-corrected chi connectivity index (χ0v) is 11.1. The molecule has 2 saturated heterocycles. The second-order valence-corrected chi connectivity index (χ2v) is 5.48. The molecule has 1 aromatic rings. The normalized spacial score (nSPS) is 29.4. The van der Waals surface area contributed by atoms with Crippen molar-refractivity contribution in [1.82, 2.24) is 14.7 Å². The van der Waals surface area contributed by atoms with Crippen LogP contribution in [0.1, 0.15) is 30.8 Å². The van der Waals surface area contributed by atoms with E-state index in [1.165, 1.54) is 5.69 Å². The predicted octanol–water partition coefficient (Wildman–Crippen LogP) is 1.06. The summed E-state index contributed by atoms with van der Waals surface area (Å²) >= 11 is 0. The van der Waals surface area contributed by atoms with Gasteiger partial charge >= 0.3 is 5.97 Å². The summed E-state index contributed by atoms with van der Waals surface area (Å²) in [5, 5.41) is 4.50. The summed E-state index contributed by atoms with van der Waals surface area (Å²) in [7, 11) is 0. The van der Waals surface area contributed by atoms with Crippen molar-refractivity contribution in [2.24, 2.45) is 0 Å². The molecule has 98 valence electrons. The monoisotopic (exact) mass is 249 g/mol. The molecule has 5 nitrogen and oxygen atoms in total. The molecule has 3 heterocycles. The summed E-state index contributed by atoms with van der Waals surface area (Å²) in [6.07, 6.45) is 0.887. The molecule has 0 aliphatic carbocycles. The van der Waals surface area contributed by atoms with Crippen LogP contribution in [-0.4, -0.2) is 45.9 Å². The number of hydrogen-bond acceptors (Lipinski definition) is 4. The first kappa shape index (κ1) is 11.7. The van der Waals surface area contributed by atoms with E-state index in [0.717, 1.165) is 25.2 Å². The smallest absolute Gasteiger partial charge is 0.323 e. The van der Waals surface area contributed by atoms with E-state index in [1.807, 2.05) is 13.8 Å². The van der Waals surface area contributed by atoms with Gasteiger partial charge in [-0.25, -0.2) is 0 Å². The van der Waals surface area contributed by atoms with E-state index < -0.39 is 0 Å². The van der Waals surface area contributed by atoms with Crippen LogP contribution in [-0.2, 0) is 9.53 Å². The van der Waals surface area contributed by atoms with Crippen LogP contribution in [0.3, 0.4) is 0 Å². The number of ether oxygens (including phenoxy) is 1. The van der Waals surface area contributed by atoms with Crippen LogP contribution >= 0.6 is 0 Å². The second kappa shape index (κ2) is 4.09. The predicted molar refractivity (Wildman–Crippen MR) is 66.3 cm³/mol. The Morgan fingerprint density at radius 1 is 1.39 bits per heavy atom. The zero-order valence-electron chi connectivity index (χ0n) is 11.1. The highest BCUT2D eigenvalue weighted by molar-refractivity contribution is 5.78. The number of rotatable bonds is 2. The minimum atomic E-state index is -0.0608. The Bertz CT molecular complexity index is 477. The van der Waals surface area contributed by atoms with Crippen LogP contribution in [0.4, 0.5) is 0 Å². The van der Waals surface area contributed by atoms with Crippen molar-refractivity contribution in [2.45, 2.75) is 45.4 Å². The molecule has 2 fully saturated rings. The first-order valence-corrected chi connectivity index (χ1v) is 6.52. The fourth-order valence-electron chi connectivity index (χ4n) is 2.95. The number of carbonyl (C=O) groups is 1. The van der Waals surface area contributed by atoms with E-state index in [1.54, 1.807) is 0 Å². The lowest BCUT2D eigenvalue weighted by Gasteiger charge is -2.41. The van der Waals surface area contributed by atoms with Crippen molar-refractivity contribution in [3.63, 3.8) is 0 Å². The minimum Gasteiger partial charge on any atom is -0.461 e. The van der Waals surface area contributed by atoms with Crippen LogP contribution in [0.5, 0.6) is 0 Å². The van der Waals surface area contributed by atoms with Crippen molar-refractivity contribution in [2.75, 3.05) is 13.1 Å². The number of hydrogen-bond donors (Lipinski definition) is 0. The summed E-state index contributed by atoms with van der Waals surface area (Å²) in [5.74, 6) is -0.0608. The molecule has 0 spiro atoms. The van der Waals surface area contributed by atoms with E-state index in [2.05, 4.69) is 27.7 Å². The Labute approximate surface area is 107 Å². The van der Waals surface area contributed by atoms with Gasteiger partial charge in [0, 0.05) is 25.2 Å². The SMILES string of the molecule is Cc1cc(C)n(C2CN([C@H]3C[C@@H](C)OC3=O)C2)n1. The lowest BCUT2D eigenvalue weighted by Crippen LogP contribution is -2.54. The average molecular weight is 249 g/mol. The first-order valence-electron chi connectivity index (χ1n) is 6.52. The molecule has 2 aliphatic heterocycles. The molecule has 0 radical (unpaired) electrons. The average Bonchev–Trinajstić information content (AvgIpc) is 2.69. The van der Waals surface area contributed by atoms with Gasteiger partial charge in [0.2, 0.25) is 0 Å². The van der Waals surface area contributed by atoms with Gasteiger partial charge in [0.05, 0.1) is 11.7 Å². The lowest BCUT2D eigenvalue weighted by atomic mass is 10.0.